The summed E-state index contributed by atoms with van der Waals surface area (Å²) in [4.78, 5) is 26.4. The molecule has 0 saturated heterocycles. The molecule has 1 heterocycles. The summed E-state index contributed by atoms with van der Waals surface area (Å²) >= 11 is 1.46. The number of thiophene rings is 1. The number of fused-ring (bicyclic) bond motifs is 1. The lowest BCUT2D eigenvalue weighted by molar-refractivity contribution is 0.0940. The van der Waals surface area contributed by atoms with Crippen molar-refractivity contribution in [2.75, 3.05) is 14.1 Å². The van der Waals surface area contributed by atoms with E-state index >= 15 is 0 Å². The number of carbonyl (C=O) groups is 2. The first-order valence-corrected chi connectivity index (χ1v) is 11.9. The Morgan fingerprint density at radius 2 is 1.93 bits per heavy atom. The molecule has 8 nitrogen and oxygen atoms in total. The highest BCUT2D eigenvalue weighted by atomic mass is 32.2. The fourth-order valence-corrected chi connectivity index (χ4v) is 5.53. The molecule has 0 radical (unpaired) electrons. The van der Waals surface area contributed by atoms with Crippen molar-refractivity contribution in [3.8, 4) is 0 Å². The predicted molar refractivity (Wildman–Crippen MR) is 116 cm³/mol. The number of aryl methyl sites for hydroxylation is 1. The molecule has 1 aromatic carbocycles. The second kappa shape index (κ2) is 9.15. The number of amides is 3. The van der Waals surface area contributed by atoms with Gasteiger partial charge in [0.25, 0.3) is 5.91 Å². The first-order valence-electron chi connectivity index (χ1n) is 9.64. The van der Waals surface area contributed by atoms with Crippen LogP contribution in [0.4, 0.5) is 4.79 Å². The van der Waals surface area contributed by atoms with E-state index in [0.717, 1.165) is 23.6 Å². The van der Waals surface area contributed by atoms with Crippen LogP contribution in [0, 0.1) is 5.92 Å². The van der Waals surface area contributed by atoms with E-state index in [0.29, 0.717) is 16.4 Å². The normalized spacial score (nSPS) is 16.1. The lowest BCUT2D eigenvalue weighted by Crippen LogP contribution is -2.46. The molecule has 0 bridgehead atoms. The molecule has 2 aromatic rings. The van der Waals surface area contributed by atoms with Crippen molar-refractivity contribution in [2.45, 2.75) is 37.6 Å². The molecule has 1 atom stereocenters. The number of carbonyl (C=O) groups excluding carboxylic acids is 2. The van der Waals surface area contributed by atoms with Crippen molar-refractivity contribution in [1.82, 2.24) is 20.5 Å². The standard InChI is InChI=1S/C20H26N4O4S2/c1-13-8-9-16-15(10-13)11-17(29-16)19(25)22-23-20(26)21-12-14-6-4-5-7-18(14)30(27,28)24(2)3/h4-7,11,13H,8-10,12H2,1-3H3,(H,22,25)(H2,21,23,26). The molecule has 3 N–H and O–H groups in total. The summed E-state index contributed by atoms with van der Waals surface area (Å²) in [5, 5.41) is 2.57. The van der Waals surface area contributed by atoms with Crippen molar-refractivity contribution >= 4 is 33.3 Å². The van der Waals surface area contributed by atoms with Crippen LogP contribution in [0.3, 0.4) is 0 Å². The Morgan fingerprint density at radius 1 is 1.20 bits per heavy atom. The highest BCUT2D eigenvalue weighted by molar-refractivity contribution is 7.89. The minimum Gasteiger partial charge on any atom is -0.333 e. The van der Waals surface area contributed by atoms with Crippen LogP contribution >= 0.6 is 11.3 Å². The average molecular weight is 451 g/mol. The zero-order valence-electron chi connectivity index (χ0n) is 17.2. The summed E-state index contributed by atoms with van der Waals surface area (Å²) in [6.45, 7) is 2.20. The second-order valence-corrected chi connectivity index (χ2v) is 10.8. The molecule has 1 unspecified atom stereocenters. The Morgan fingerprint density at radius 3 is 2.67 bits per heavy atom. The average Bonchev–Trinajstić information content (AvgIpc) is 3.13. The first kappa shape index (κ1) is 22.3. The number of sulfonamides is 1. The highest BCUT2D eigenvalue weighted by Gasteiger charge is 2.22. The van der Waals surface area contributed by atoms with Gasteiger partial charge in [0.05, 0.1) is 9.77 Å². The van der Waals surface area contributed by atoms with Gasteiger partial charge in [-0.25, -0.2) is 22.9 Å². The summed E-state index contributed by atoms with van der Waals surface area (Å²) in [6, 6.07) is 7.72. The van der Waals surface area contributed by atoms with E-state index < -0.39 is 16.1 Å². The topological polar surface area (TPSA) is 108 Å². The van der Waals surface area contributed by atoms with E-state index in [-0.39, 0.29) is 17.3 Å². The van der Waals surface area contributed by atoms with Gasteiger partial charge in [-0.15, -0.1) is 11.3 Å². The number of rotatable bonds is 5. The summed E-state index contributed by atoms with van der Waals surface area (Å²) in [7, 11) is -0.731. The maximum Gasteiger partial charge on any atom is 0.333 e. The van der Waals surface area contributed by atoms with Gasteiger partial charge in [0, 0.05) is 25.5 Å². The predicted octanol–water partition coefficient (Wildman–Crippen LogP) is 2.27. The van der Waals surface area contributed by atoms with Gasteiger partial charge in [-0.2, -0.15) is 0 Å². The van der Waals surface area contributed by atoms with Gasteiger partial charge >= 0.3 is 6.03 Å². The molecule has 0 aliphatic heterocycles. The molecule has 162 valence electrons. The van der Waals surface area contributed by atoms with Crippen molar-refractivity contribution < 1.29 is 18.0 Å². The maximum atomic E-state index is 12.4. The van der Waals surface area contributed by atoms with Crippen LogP contribution in [0.5, 0.6) is 0 Å². The zero-order valence-corrected chi connectivity index (χ0v) is 18.8. The molecule has 1 aliphatic carbocycles. The van der Waals surface area contributed by atoms with Gasteiger partial charge in [0.1, 0.15) is 0 Å². The van der Waals surface area contributed by atoms with Crippen LogP contribution in [0.15, 0.2) is 35.2 Å². The number of hydrazine groups is 1. The van der Waals surface area contributed by atoms with E-state index in [1.807, 2.05) is 6.07 Å². The number of nitrogens with zero attached hydrogens (tertiary/aromatic N) is 1. The summed E-state index contributed by atoms with van der Waals surface area (Å²) in [6.07, 6.45) is 3.08. The van der Waals surface area contributed by atoms with E-state index in [2.05, 4.69) is 23.1 Å². The van der Waals surface area contributed by atoms with Crippen LogP contribution in [0.25, 0.3) is 0 Å². The lowest BCUT2D eigenvalue weighted by Gasteiger charge is -2.16. The Bertz CT molecular complexity index is 1050. The summed E-state index contributed by atoms with van der Waals surface area (Å²) < 4.78 is 25.9. The van der Waals surface area contributed by atoms with Crippen LogP contribution in [-0.2, 0) is 29.4 Å². The summed E-state index contributed by atoms with van der Waals surface area (Å²) in [5.74, 6) is 0.249. The number of nitrogens with one attached hydrogen (secondary N) is 3. The van der Waals surface area contributed by atoms with E-state index in [1.54, 1.807) is 18.2 Å². The fraction of sp³-hybridized carbons (Fsp3) is 0.400. The Balaban J connectivity index is 1.56. The van der Waals surface area contributed by atoms with Crippen molar-refractivity contribution in [3.05, 3.63) is 51.2 Å². The number of benzene rings is 1. The maximum absolute atomic E-state index is 12.4. The molecule has 0 fully saturated rings. The SMILES string of the molecule is CC1CCc2sc(C(=O)NNC(=O)NCc3ccccc3S(=O)(=O)N(C)C)cc2C1. The Labute approximate surface area is 180 Å². The molecule has 3 amide bonds. The third-order valence-corrected chi connectivity index (χ3v) is 8.16. The quantitative estimate of drug-likeness (QED) is 0.607. The first-order chi connectivity index (χ1) is 14.2. The van der Waals surface area contributed by atoms with Gasteiger partial charge in [-0.05, 0) is 48.4 Å². The van der Waals surface area contributed by atoms with Crippen LogP contribution < -0.4 is 16.2 Å². The van der Waals surface area contributed by atoms with Gasteiger partial charge in [0.15, 0.2) is 0 Å². The molecule has 10 heteroatoms. The largest absolute Gasteiger partial charge is 0.333 e. The monoisotopic (exact) mass is 450 g/mol. The molecule has 0 saturated carbocycles. The molecule has 30 heavy (non-hydrogen) atoms. The Kier molecular flexibility index (Phi) is 6.79. The van der Waals surface area contributed by atoms with Gasteiger partial charge in [-0.1, -0.05) is 25.1 Å². The smallest absolute Gasteiger partial charge is 0.333 e. The van der Waals surface area contributed by atoms with Crippen LogP contribution in [0.2, 0.25) is 0 Å². The molecular formula is C20H26N4O4S2. The van der Waals surface area contributed by atoms with Crippen molar-refractivity contribution in [3.63, 3.8) is 0 Å². The lowest BCUT2D eigenvalue weighted by atomic mass is 9.90. The number of hydrogen-bond acceptors (Lipinski definition) is 5. The number of hydrogen-bond donors (Lipinski definition) is 3. The molecule has 0 spiro atoms. The third kappa shape index (κ3) is 5.00. The van der Waals surface area contributed by atoms with E-state index in [1.165, 1.54) is 41.9 Å². The van der Waals surface area contributed by atoms with Crippen molar-refractivity contribution in [1.29, 1.82) is 0 Å². The second-order valence-electron chi connectivity index (χ2n) is 7.56. The van der Waals surface area contributed by atoms with Gasteiger partial charge in [-0.3, -0.25) is 10.2 Å². The highest BCUT2D eigenvalue weighted by Crippen LogP contribution is 2.32. The van der Waals surface area contributed by atoms with E-state index in [9.17, 15) is 18.0 Å². The van der Waals surface area contributed by atoms with Crippen molar-refractivity contribution in [2.24, 2.45) is 5.92 Å². The molecule has 1 aliphatic rings. The van der Waals surface area contributed by atoms with Gasteiger partial charge in [0.2, 0.25) is 10.0 Å². The summed E-state index contributed by atoms with van der Waals surface area (Å²) in [5.41, 5.74) is 6.39. The third-order valence-electron chi connectivity index (χ3n) is 5.01. The Hall–Kier alpha value is -2.43. The molecular weight excluding hydrogens is 424 g/mol. The minimum absolute atomic E-state index is 0.00384. The van der Waals surface area contributed by atoms with Crippen LogP contribution in [-0.4, -0.2) is 38.8 Å². The van der Waals surface area contributed by atoms with Gasteiger partial charge < -0.3 is 5.32 Å². The number of urea groups is 1. The zero-order chi connectivity index (χ0) is 21.9. The molecule has 3 rings (SSSR count). The minimum atomic E-state index is -3.63. The van der Waals surface area contributed by atoms with E-state index in [4.69, 9.17) is 0 Å². The van der Waals surface area contributed by atoms with Crippen LogP contribution in [0.1, 0.15) is 39.0 Å². The molecule has 1 aromatic heterocycles. The fourth-order valence-electron chi connectivity index (χ4n) is 3.31.